The van der Waals surface area contributed by atoms with Gasteiger partial charge in [0.25, 0.3) is 5.09 Å². The molecule has 8 heavy (non-hydrogen) atoms. The number of hydrogen-bond acceptors (Lipinski definition) is 5. The van der Waals surface area contributed by atoms with Gasteiger partial charge in [-0.15, -0.1) is 10.1 Å². The molecule has 0 atom stereocenters. The average Bonchev–Trinajstić information content (AvgIpc) is 1.25. The Labute approximate surface area is 42.7 Å². The molecule has 0 amide bonds. The van der Waals surface area contributed by atoms with Crippen molar-refractivity contribution in [1.29, 1.82) is 5.53 Å². The van der Waals surface area contributed by atoms with Crippen LogP contribution in [0.15, 0.2) is 0 Å². The van der Waals surface area contributed by atoms with Crippen LogP contribution in [0.4, 0.5) is 0 Å². The van der Waals surface area contributed by atoms with E-state index in [0.29, 0.717) is 0 Å². The van der Waals surface area contributed by atoms with Crippen molar-refractivity contribution in [3.63, 3.8) is 0 Å². The second-order valence-corrected chi connectivity index (χ2v) is 0.495. The third kappa shape index (κ3) is 19.9. The first-order chi connectivity index (χ1) is 3.46. The zero-order valence-corrected chi connectivity index (χ0v) is 3.47. The van der Waals surface area contributed by atoms with Gasteiger partial charge in [0, 0.05) is 0 Å². The minimum absolute atomic E-state index is 1.25. The van der Waals surface area contributed by atoms with E-state index >= 15 is 0 Å². The lowest BCUT2D eigenvalue weighted by molar-refractivity contribution is -0.742. The Morgan fingerprint density at radius 1 is 1.38 bits per heavy atom. The molecule has 0 aliphatic heterocycles. The topological polar surface area (TPSA) is 136 Å². The lowest BCUT2D eigenvalue weighted by atomic mass is 12.9. The molecule has 0 aromatic carbocycles. The Hall–Kier alpha value is -1.60. The van der Waals surface area contributed by atoms with E-state index in [1.54, 1.807) is 0 Å². The Kier molecular flexibility index (Phi) is 6.51. The van der Waals surface area contributed by atoms with E-state index in [-0.39, 0.29) is 0 Å². The van der Waals surface area contributed by atoms with Crippen LogP contribution in [-0.2, 0) is 0 Å². The van der Waals surface area contributed by atoms with Gasteiger partial charge >= 0.3 is 0 Å². The SMILES string of the molecule is N=[N+]([O-])[O-].O=[N+]([O-])O. The zero-order chi connectivity index (χ0) is 7.15. The normalized spacial score (nSPS) is 6.00. The summed E-state index contributed by atoms with van der Waals surface area (Å²) in [6.07, 6.45) is 0. The Bertz CT molecular complexity index is 65.7. The summed E-state index contributed by atoms with van der Waals surface area (Å²) in [6.45, 7) is 0. The van der Waals surface area contributed by atoms with E-state index in [9.17, 15) is 0 Å². The van der Waals surface area contributed by atoms with Crippen molar-refractivity contribution in [3.8, 4) is 0 Å². The predicted molar refractivity (Wildman–Crippen MR) is 18.5 cm³/mol. The molecule has 0 aliphatic rings. The van der Waals surface area contributed by atoms with Crippen LogP contribution in [0.25, 0.3) is 0 Å². The smallest absolute Gasteiger partial charge is 0.291 e. The second kappa shape index (κ2) is 5.40. The highest BCUT2D eigenvalue weighted by molar-refractivity contribution is 3.95. The molecule has 0 rings (SSSR count). The van der Waals surface area contributed by atoms with Gasteiger partial charge < -0.3 is 15.6 Å². The van der Waals surface area contributed by atoms with Gasteiger partial charge in [-0.3, -0.25) is 0 Å². The van der Waals surface area contributed by atoms with Crippen molar-refractivity contribution in [1.82, 2.24) is 0 Å². The molecule has 0 aliphatic carbocycles. The van der Waals surface area contributed by atoms with E-state index in [0.717, 1.165) is 0 Å². The fraction of sp³-hybridized carbons (Fsp3) is 0. The Morgan fingerprint density at radius 2 is 1.38 bits per heavy atom. The third-order valence-corrected chi connectivity index (χ3v) is 0. The molecule has 2 N–H and O–H groups in total. The summed E-state index contributed by atoms with van der Waals surface area (Å²) in [4.78, 5) is 8.36. The largest absolute Gasteiger partial charge is 0.588 e. The van der Waals surface area contributed by atoms with Crippen molar-refractivity contribution in [2.75, 3.05) is 0 Å². The van der Waals surface area contributed by atoms with Crippen LogP contribution in [0.3, 0.4) is 0 Å². The Balaban J connectivity index is 0. The minimum atomic E-state index is -1.50. The maximum atomic E-state index is 8.47. The number of hydrogen-bond donors (Lipinski definition) is 2. The van der Waals surface area contributed by atoms with Crippen LogP contribution in [0.1, 0.15) is 0 Å². The first kappa shape index (κ1) is 9.64. The lowest BCUT2D eigenvalue weighted by Crippen LogP contribution is -1.81. The molecule has 48 valence electrons. The van der Waals surface area contributed by atoms with Crippen LogP contribution in [0.5, 0.6) is 0 Å². The van der Waals surface area contributed by atoms with Crippen LogP contribution >= 0.6 is 0 Å². The van der Waals surface area contributed by atoms with Gasteiger partial charge in [-0.05, 0) is 5.53 Å². The first-order valence-electron chi connectivity index (χ1n) is 1.15. The number of rotatable bonds is 0. The summed E-state index contributed by atoms with van der Waals surface area (Å²) >= 11 is 0. The van der Waals surface area contributed by atoms with Crippen LogP contribution in [0, 0.1) is 26.1 Å². The highest BCUT2D eigenvalue weighted by atomic mass is 16.9. The zero-order valence-electron chi connectivity index (χ0n) is 3.47. The minimum Gasteiger partial charge on any atom is -0.588 e. The highest BCUT2D eigenvalue weighted by Gasteiger charge is 1.65. The Morgan fingerprint density at radius 3 is 1.38 bits per heavy atom. The van der Waals surface area contributed by atoms with Crippen molar-refractivity contribution in [2.45, 2.75) is 0 Å². The van der Waals surface area contributed by atoms with Crippen LogP contribution in [0.2, 0.25) is 0 Å². The van der Waals surface area contributed by atoms with Gasteiger partial charge in [-0.1, -0.05) is 5.02 Å². The summed E-state index contributed by atoms with van der Waals surface area (Å²) in [7, 11) is 0. The quantitative estimate of drug-likeness (QED) is 0.259. The molecule has 0 saturated carbocycles. The molecule has 8 heteroatoms. The molecule has 0 aromatic heterocycles. The third-order valence-electron chi connectivity index (χ3n) is 0. The van der Waals surface area contributed by atoms with Crippen molar-refractivity contribution < 1.29 is 15.3 Å². The maximum absolute atomic E-state index is 8.47. The van der Waals surface area contributed by atoms with Gasteiger partial charge in [0.2, 0.25) is 0 Å². The lowest BCUT2D eigenvalue weighted by Gasteiger charge is -1.88. The van der Waals surface area contributed by atoms with Gasteiger partial charge in [-0.2, -0.15) is 0 Å². The van der Waals surface area contributed by atoms with Crippen molar-refractivity contribution in [2.24, 2.45) is 0 Å². The molecule has 0 unspecified atom stereocenters. The summed E-state index contributed by atoms with van der Waals surface area (Å²) < 4.78 is 0. The van der Waals surface area contributed by atoms with Gasteiger partial charge in [0.15, 0.2) is 0 Å². The van der Waals surface area contributed by atoms with E-state index in [1.807, 2.05) is 0 Å². The summed E-state index contributed by atoms with van der Waals surface area (Å²) in [6, 6.07) is 0. The molecule has 0 aromatic rings. The molecular formula is H2N3O5-. The van der Waals surface area contributed by atoms with E-state index in [2.05, 4.69) is 0 Å². The molecule has 0 spiro atoms. The van der Waals surface area contributed by atoms with Crippen LogP contribution in [-0.4, -0.2) is 15.3 Å². The molecule has 0 bridgehead atoms. The number of nitrogens with one attached hydrogen (secondary N) is 1. The van der Waals surface area contributed by atoms with E-state index in [1.165, 1.54) is 0 Å². The molecule has 0 heterocycles. The van der Waals surface area contributed by atoms with E-state index < -0.39 is 10.1 Å². The summed E-state index contributed by atoms with van der Waals surface area (Å²) in [5.74, 6) is 0. The molecular weight excluding hydrogens is 122 g/mol. The van der Waals surface area contributed by atoms with Crippen LogP contribution < -0.4 is 0 Å². The van der Waals surface area contributed by atoms with Gasteiger partial charge in [0.1, 0.15) is 0 Å². The number of nitrogens with zero attached hydrogens (tertiary/aromatic N) is 2. The predicted octanol–water partition coefficient (Wildman–Crippen LogP) is -0.322. The average molecular weight is 124 g/mol. The molecule has 0 fully saturated rings. The summed E-state index contributed by atoms with van der Waals surface area (Å²) in [5.41, 5.74) is 5.31. The molecule has 0 saturated heterocycles. The second-order valence-electron chi connectivity index (χ2n) is 0.495. The monoisotopic (exact) mass is 124 g/mol. The molecule has 8 nitrogen and oxygen atoms in total. The van der Waals surface area contributed by atoms with Crippen molar-refractivity contribution >= 4 is 0 Å². The molecule has 0 radical (unpaired) electrons. The highest BCUT2D eigenvalue weighted by Crippen LogP contribution is 1.45. The van der Waals surface area contributed by atoms with Crippen molar-refractivity contribution in [3.05, 3.63) is 20.5 Å². The van der Waals surface area contributed by atoms with Gasteiger partial charge in [-0.25, -0.2) is 0 Å². The maximum Gasteiger partial charge on any atom is 0.291 e. The summed E-state index contributed by atoms with van der Waals surface area (Å²) in [5, 5.41) is 29.3. The fourth-order valence-electron chi connectivity index (χ4n) is 0. The fourth-order valence-corrected chi connectivity index (χ4v) is 0. The standard InChI is InChI=1S/HN2O2.HNO3/c1-2(3)4;2-1(3)4/h(H-,1,3,4);(H,2,3,4)/q-1;. The van der Waals surface area contributed by atoms with E-state index in [4.69, 9.17) is 31.3 Å². The first-order valence-corrected chi connectivity index (χ1v) is 1.15. The van der Waals surface area contributed by atoms with Gasteiger partial charge in [0.05, 0.1) is 0 Å².